The van der Waals surface area contributed by atoms with Crippen molar-refractivity contribution in [3.8, 4) is 0 Å². The number of nitrogens with one attached hydrogen (secondary N) is 1. The summed E-state index contributed by atoms with van der Waals surface area (Å²) in [7, 11) is 0. The zero-order valence-corrected chi connectivity index (χ0v) is 12.3. The molecule has 0 spiro atoms. The third kappa shape index (κ3) is 3.83. The van der Waals surface area contributed by atoms with E-state index in [0.29, 0.717) is 0 Å². The molecule has 2 aromatic carbocycles. The van der Waals surface area contributed by atoms with Crippen LogP contribution in [0.25, 0.3) is 0 Å². The Labute approximate surface area is 125 Å². The second kappa shape index (κ2) is 7.44. The highest BCUT2D eigenvalue weighted by atomic mass is 35.5. The van der Waals surface area contributed by atoms with Crippen molar-refractivity contribution in [2.45, 2.75) is 25.4 Å². The molecule has 0 aliphatic rings. The second-order valence-corrected chi connectivity index (χ2v) is 5.26. The molecule has 2 unspecified atom stereocenters. The summed E-state index contributed by atoms with van der Waals surface area (Å²) in [6, 6.07) is 18.0. The van der Waals surface area contributed by atoms with Crippen LogP contribution in [0.3, 0.4) is 0 Å². The van der Waals surface area contributed by atoms with E-state index in [9.17, 15) is 5.11 Å². The van der Waals surface area contributed by atoms with Gasteiger partial charge in [-0.05, 0) is 29.7 Å². The molecule has 0 saturated carbocycles. The molecule has 2 N–H and O–H groups in total. The zero-order valence-electron chi connectivity index (χ0n) is 11.6. The van der Waals surface area contributed by atoms with Gasteiger partial charge in [-0.3, -0.25) is 0 Å². The van der Waals surface area contributed by atoms with Crippen molar-refractivity contribution in [2.24, 2.45) is 0 Å². The van der Waals surface area contributed by atoms with Crippen molar-refractivity contribution < 1.29 is 5.11 Å². The average molecular weight is 290 g/mol. The fraction of sp³-hybridized carbons (Fsp3) is 0.294. The molecule has 106 valence electrons. The first-order valence-electron chi connectivity index (χ1n) is 6.92. The van der Waals surface area contributed by atoms with Crippen molar-refractivity contribution in [2.75, 3.05) is 6.61 Å². The van der Waals surface area contributed by atoms with Crippen LogP contribution in [-0.4, -0.2) is 11.7 Å². The van der Waals surface area contributed by atoms with Gasteiger partial charge in [-0.1, -0.05) is 61.0 Å². The molecule has 2 nitrogen and oxygen atoms in total. The minimum atomic E-state index is -0.0585. The van der Waals surface area contributed by atoms with Gasteiger partial charge < -0.3 is 10.4 Å². The molecule has 3 heteroatoms. The van der Waals surface area contributed by atoms with Crippen LogP contribution >= 0.6 is 11.6 Å². The molecule has 0 heterocycles. The second-order valence-electron chi connectivity index (χ2n) is 4.82. The van der Waals surface area contributed by atoms with Crippen molar-refractivity contribution in [3.63, 3.8) is 0 Å². The number of hydrogen-bond donors (Lipinski definition) is 2. The van der Waals surface area contributed by atoms with E-state index in [2.05, 4.69) is 12.2 Å². The SMILES string of the molecule is CCC(NC(CO)c1ccccc1)c1ccc(Cl)cc1. The molecule has 0 bridgehead atoms. The van der Waals surface area contributed by atoms with Gasteiger partial charge >= 0.3 is 0 Å². The molecular formula is C17H20ClNO. The minimum Gasteiger partial charge on any atom is -0.394 e. The van der Waals surface area contributed by atoms with Gasteiger partial charge in [0.15, 0.2) is 0 Å². The van der Waals surface area contributed by atoms with Crippen LogP contribution in [-0.2, 0) is 0 Å². The van der Waals surface area contributed by atoms with Crippen LogP contribution in [0.1, 0.15) is 36.6 Å². The summed E-state index contributed by atoms with van der Waals surface area (Å²) >= 11 is 5.93. The Morgan fingerprint density at radius 1 is 0.950 bits per heavy atom. The maximum Gasteiger partial charge on any atom is 0.0626 e. The smallest absolute Gasteiger partial charge is 0.0626 e. The van der Waals surface area contributed by atoms with Crippen LogP contribution < -0.4 is 5.32 Å². The van der Waals surface area contributed by atoms with Gasteiger partial charge in [0.25, 0.3) is 0 Å². The van der Waals surface area contributed by atoms with Crippen LogP contribution in [0, 0.1) is 0 Å². The first-order valence-corrected chi connectivity index (χ1v) is 7.29. The summed E-state index contributed by atoms with van der Waals surface area (Å²) in [6.45, 7) is 2.21. The zero-order chi connectivity index (χ0) is 14.4. The Morgan fingerprint density at radius 3 is 2.10 bits per heavy atom. The van der Waals surface area contributed by atoms with Gasteiger partial charge in [-0.15, -0.1) is 0 Å². The summed E-state index contributed by atoms with van der Waals surface area (Å²) in [5.41, 5.74) is 2.29. The summed E-state index contributed by atoms with van der Waals surface area (Å²) in [5.74, 6) is 0. The maximum absolute atomic E-state index is 9.63. The van der Waals surface area contributed by atoms with E-state index in [4.69, 9.17) is 11.6 Å². The Morgan fingerprint density at radius 2 is 1.55 bits per heavy atom. The summed E-state index contributed by atoms with van der Waals surface area (Å²) < 4.78 is 0. The molecule has 0 aliphatic heterocycles. The monoisotopic (exact) mass is 289 g/mol. The van der Waals surface area contributed by atoms with Crippen molar-refractivity contribution in [1.82, 2.24) is 5.32 Å². The lowest BCUT2D eigenvalue weighted by Gasteiger charge is -2.24. The lowest BCUT2D eigenvalue weighted by molar-refractivity contribution is 0.232. The number of benzene rings is 2. The summed E-state index contributed by atoms with van der Waals surface area (Å²) in [5, 5.41) is 13.9. The van der Waals surface area contributed by atoms with Gasteiger partial charge in [0.05, 0.1) is 12.6 Å². The fourth-order valence-corrected chi connectivity index (χ4v) is 2.45. The molecule has 0 radical (unpaired) electrons. The highest BCUT2D eigenvalue weighted by Gasteiger charge is 2.16. The molecule has 0 saturated heterocycles. The number of aliphatic hydroxyl groups excluding tert-OH is 1. The van der Waals surface area contributed by atoms with E-state index < -0.39 is 0 Å². The Balaban J connectivity index is 2.14. The van der Waals surface area contributed by atoms with Crippen molar-refractivity contribution >= 4 is 11.6 Å². The lowest BCUT2D eigenvalue weighted by Crippen LogP contribution is -2.28. The highest BCUT2D eigenvalue weighted by Crippen LogP contribution is 2.23. The van der Waals surface area contributed by atoms with Crippen LogP contribution in [0.5, 0.6) is 0 Å². The minimum absolute atomic E-state index is 0.0585. The molecule has 2 rings (SSSR count). The van der Waals surface area contributed by atoms with E-state index in [0.717, 1.165) is 17.0 Å². The Bertz CT molecular complexity index is 512. The third-order valence-electron chi connectivity index (χ3n) is 3.47. The summed E-state index contributed by atoms with van der Waals surface area (Å²) in [6.07, 6.45) is 0.949. The first kappa shape index (κ1) is 15.0. The van der Waals surface area contributed by atoms with Crippen LogP contribution in [0.2, 0.25) is 5.02 Å². The van der Waals surface area contributed by atoms with Gasteiger partial charge in [-0.2, -0.15) is 0 Å². The number of halogens is 1. The molecule has 0 aromatic heterocycles. The normalized spacial score (nSPS) is 13.9. The topological polar surface area (TPSA) is 32.3 Å². The van der Waals surface area contributed by atoms with Gasteiger partial charge in [0, 0.05) is 11.1 Å². The predicted molar refractivity (Wildman–Crippen MR) is 83.9 cm³/mol. The first-order chi connectivity index (χ1) is 9.74. The Hall–Kier alpha value is -1.35. The molecular weight excluding hydrogens is 270 g/mol. The summed E-state index contributed by atoms with van der Waals surface area (Å²) in [4.78, 5) is 0. The average Bonchev–Trinajstić information content (AvgIpc) is 2.51. The van der Waals surface area contributed by atoms with Crippen molar-refractivity contribution in [3.05, 3.63) is 70.7 Å². The number of aliphatic hydroxyl groups is 1. The van der Waals surface area contributed by atoms with Gasteiger partial charge in [0.1, 0.15) is 0 Å². The van der Waals surface area contributed by atoms with E-state index >= 15 is 0 Å². The standard InChI is InChI=1S/C17H20ClNO/c1-2-16(14-8-10-15(18)11-9-14)19-17(12-20)13-6-4-3-5-7-13/h3-11,16-17,19-20H,2,12H2,1H3. The third-order valence-corrected chi connectivity index (χ3v) is 3.72. The van der Waals surface area contributed by atoms with Crippen LogP contribution in [0.15, 0.2) is 54.6 Å². The van der Waals surface area contributed by atoms with Gasteiger partial charge in [-0.25, -0.2) is 0 Å². The highest BCUT2D eigenvalue weighted by molar-refractivity contribution is 6.30. The van der Waals surface area contributed by atoms with Crippen LogP contribution in [0.4, 0.5) is 0 Å². The largest absolute Gasteiger partial charge is 0.394 e. The number of rotatable bonds is 6. The molecule has 2 aromatic rings. The fourth-order valence-electron chi connectivity index (χ4n) is 2.33. The van der Waals surface area contributed by atoms with E-state index in [1.54, 1.807) is 0 Å². The molecule has 0 amide bonds. The Kier molecular flexibility index (Phi) is 5.60. The van der Waals surface area contributed by atoms with E-state index in [-0.39, 0.29) is 18.7 Å². The number of hydrogen-bond acceptors (Lipinski definition) is 2. The van der Waals surface area contributed by atoms with E-state index in [1.165, 1.54) is 5.56 Å². The maximum atomic E-state index is 9.63. The molecule has 0 fully saturated rings. The van der Waals surface area contributed by atoms with Gasteiger partial charge in [0.2, 0.25) is 0 Å². The quantitative estimate of drug-likeness (QED) is 0.838. The molecule has 20 heavy (non-hydrogen) atoms. The molecule has 2 atom stereocenters. The lowest BCUT2D eigenvalue weighted by atomic mass is 10.0. The predicted octanol–water partition coefficient (Wildman–Crippen LogP) is 4.11. The van der Waals surface area contributed by atoms with E-state index in [1.807, 2.05) is 54.6 Å². The van der Waals surface area contributed by atoms with Crippen molar-refractivity contribution in [1.29, 1.82) is 0 Å². The molecule has 0 aliphatic carbocycles.